The van der Waals surface area contributed by atoms with Gasteiger partial charge in [-0.2, -0.15) is 4.31 Å². The van der Waals surface area contributed by atoms with Crippen molar-refractivity contribution in [3.8, 4) is 5.75 Å². The normalized spacial score (nSPS) is 20.9. The van der Waals surface area contributed by atoms with Crippen LogP contribution >= 0.6 is 0 Å². The van der Waals surface area contributed by atoms with Gasteiger partial charge in [0.05, 0.1) is 11.0 Å². The molecule has 0 aromatic heterocycles. The summed E-state index contributed by atoms with van der Waals surface area (Å²) < 4.78 is 32.1. The molecule has 1 atom stereocenters. The van der Waals surface area contributed by atoms with Crippen molar-refractivity contribution in [2.45, 2.75) is 37.2 Å². The zero-order valence-electron chi connectivity index (χ0n) is 11.7. The molecule has 0 aliphatic carbocycles. The molecule has 112 valence electrons. The summed E-state index contributed by atoms with van der Waals surface area (Å²) in [4.78, 5) is 0.133. The van der Waals surface area contributed by atoms with Crippen LogP contribution in [-0.2, 0) is 14.8 Å². The van der Waals surface area contributed by atoms with E-state index in [1.807, 2.05) is 6.92 Å². The van der Waals surface area contributed by atoms with Crippen molar-refractivity contribution < 1.29 is 18.3 Å². The first-order chi connectivity index (χ1) is 9.54. The minimum absolute atomic E-state index is 0.0317. The molecule has 1 aliphatic heterocycles. The number of nitrogens with zero attached hydrogens (tertiary/aromatic N) is 1. The van der Waals surface area contributed by atoms with Crippen molar-refractivity contribution in [2.75, 3.05) is 19.7 Å². The average molecular weight is 299 g/mol. The zero-order valence-corrected chi connectivity index (χ0v) is 12.5. The van der Waals surface area contributed by atoms with Crippen LogP contribution in [0.25, 0.3) is 0 Å². The van der Waals surface area contributed by atoms with Gasteiger partial charge in [0.2, 0.25) is 10.0 Å². The Balaban J connectivity index is 2.13. The first kappa shape index (κ1) is 15.3. The Labute approximate surface area is 120 Å². The second-order valence-corrected chi connectivity index (χ2v) is 6.93. The predicted molar refractivity (Wildman–Crippen MR) is 76.1 cm³/mol. The van der Waals surface area contributed by atoms with Gasteiger partial charge < -0.3 is 9.84 Å². The van der Waals surface area contributed by atoms with Gasteiger partial charge in [-0.15, -0.1) is 0 Å². The summed E-state index contributed by atoms with van der Waals surface area (Å²) in [5.41, 5.74) is 0. The number of ether oxygens (including phenoxy) is 1. The number of hydrogen-bond acceptors (Lipinski definition) is 4. The van der Waals surface area contributed by atoms with E-state index in [9.17, 15) is 13.5 Å². The number of phenols is 1. The molecule has 2 rings (SSSR count). The summed E-state index contributed by atoms with van der Waals surface area (Å²) in [7, 11) is -3.55. The summed E-state index contributed by atoms with van der Waals surface area (Å²) in [5.74, 6) is -0.0399. The van der Waals surface area contributed by atoms with E-state index in [1.54, 1.807) is 0 Å². The maximum absolute atomic E-state index is 12.5. The molecule has 20 heavy (non-hydrogen) atoms. The fraction of sp³-hybridized carbons (Fsp3) is 0.571. The molecule has 1 N–H and O–H groups in total. The lowest BCUT2D eigenvalue weighted by Gasteiger charge is -2.31. The van der Waals surface area contributed by atoms with Crippen LogP contribution in [0.2, 0.25) is 0 Å². The van der Waals surface area contributed by atoms with Crippen molar-refractivity contribution in [3.05, 3.63) is 24.3 Å². The third-order valence-corrected chi connectivity index (χ3v) is 5.22. The van der Waals surface area contributed by atoms with Crippen LogP contribution in [0.15, 0.2) is 29.2 Å². The summed E-state index contributed by atoms with van der Waals surface area (Å²) in [6, 6.07) is 5.79. The maximum atomic E-state index is 12.5. The number of piperidine rings is 1. The van der Waals surface area contributed by atoms with E-state index >= 15 is 0 Å². The van der Waals surface area contributed by atoms with E-state index in [-0.39, 0.29) is 16.7 Å². The highest BCUT2D eigenvalue weighted by Gasteiger charge is 2.30. The van der Waals surface area contributed by atoms with Crippen LogP contribution in [0.5, 0.6) is 5.75 Å². The molecule has 0 saturated carbocycles. The van der Waals surface area contributed by atoms with Gasteiger partial charge >= 0.3 is 0 Å². The summed E-state index contributed by atoms with van der Waals surface area (Å²) >= 11 is 0. The van der Waals surface area contributed by atoms with Crippen LogP contribution in [-0.4, -0.2) is 43.6 Å². The lowest BCUT2D eigenvalue weighted by molar-refractivity contribution is 0.0193. The molecule has 0 bridgehead atoms. The average Bonchev–Trinajstić information content (AvgIpc) is 2.45. The van der Waals surface area contributed by atoms with Gasteiger partial charge in [-0.25, -0.2) is 8.42 Å². The molecule has 0 spiro atoms. The number of phenolic OH excluding ortho intramolecular Hbond substituents is 1. The number of rotatable bonds is 5. The van der Waals surface area contributed by atoms with E-state index < -0.39 is 10.0 Å². The van der Waals surface area contributed by atoms with E-state index in [2.05, 4.69) is 0 Å². The Hall–Kier alpha value is -1.11. The first-order valence-corrected chi connectivity index (χ1v) is 8.39. The molecule has 1 aromatic rings. The third kappa shape index (κ3) is 3.50. The quantitative estimate of drug-likeness (QED) is 0.902. The molecule has 1 unspecified atom stereocenters. The zero-order chi connectivity index (χ0) is 14.6. The summed E-state index contributed by atoms with van der Waals surface area (Å²) in [5, 5.41) is 9.44. The van der Waals surface area contributed by atoms with E-state index in [1.165, 1.54) is 28.6 Å². The molecule has 1 fully saturated rings. The topological polar surface area (TPSA) is 66.8 Å². The third-order valence-electron chi connectivity index (χ3n) is 3.35. The van der Waals surface area contributed by atoms with Crippen molar-refractivity contribution >= 4 is 10.0 Å². The molecule has 1 aliphatic rings. The van der Waals surface area contributed by atoms with Crippen LogP contribution in [0, 0.1) is 0 Å². The maximum Gasteiger partial charge on any atom is 0.243 e. The Morgan fingerprint density at radius 3 is 2.95 bits per heavy atom. The predicted octanol–water partition coefficient (Wildman–Crippen LogP) is 1.97. The molecule has 0 amide bonds. The van der Waals surface area contributed by atoms with Gasteiger partial charge in [0.1, 0.15) is 5.75 Å². The lowest BCUT2D eigenvalue weighted by atomic mass is 10.1. The monoisotopic (exact) mass is 299 g/mol. The highest BCUT2D eigenvalue weighted by atomic mass is 32.2. The highest BCUT2D eigenvalue weighted by molar-refractivity contribution is 7.89. The molecule has 0 radical (unpaired) electrons. The van der Waals surface area contributed by atoms with Crippen LogP contribution in [0.1, 0.15) is 26.2 Å². The minimum Gasteiger partial charge on any atom is -0.508 e. The number of aromatic hydroxyl groups is 1. The minimum atomic E-state index is -3.55. The molecular formula is C14H21NO4S. The Morgan fingerprint density at radius 2 is 2.25 bits per heavy atom. The smallest absolute Gasteiger partial charge is 0.243 e. The van der Waals surface area contributed by atoms with E-state index in [0.29, 0.717) is 19.7 Å². The molecular weight excluding hydrogens is 278 g/mol. The van der Waals surface area contributed by atoms with Gasteiger partial charge in [0, 0.05) is 19.7 Å². The van der Waals surface area contributed by atoms with Crippen molar-refractivity contribution in [1.29, 1.82) is 0 Å². The molecule has 1 saturated heterocycles. The number of hydrogen-bond donors (Lipinski definition) is 1. The standard InChI is InChI=1S/C14H21NO4S/c1-2-9-19-13-6-4-8-15(11-13)20(17,18)14-7-3-5-12(16)10-14/h3,5,7,10,13,16H,2,4,6,8-9,11H2,1H3. The fourth-order valence-electron chi connectivity index (χ4n) is 2.34. The van der Waals surface area contributed by atoms with Crippen LogP contribution < -0.4 is 0 Å². The van der Waals surface area contributed by atoms with Crippen LogP contribution in [0.3, 0.4) is 0 Å². The second-order valence-electron chi connectivity index (χ2n) is 5.00. The largest absolute Gasteiger partial charge is 0.508 e. The molecule has 6 heteroatoms. The number of benzene rings is 1. The van der Waals surface area contributed by atoms with E-state index in [4.69, 9.17) is 4.74 Å². The van der Waals surface area contributed by atoms with E-state index in [0.717, 1.165) is 19.3 Å². The van der Waals surface area contributed by atoms with Crippen molar-refractivity contribution in [3.63, 3.8) is 0 Å². The summed E-state index contributed by atoms with van der Waals surface area (Å²) in [6.07, 6.45) is 2.59. The first-order valence-electron chi connectivity index (χ1n) is 6.95. The Bertz CT molecular complexity index is 544. The van der Waals surface area contributed by atoms with Crippen LogP contribution in [0.4, 0.5) is 0 Å². The fourth-order valence-corrected chi connectivity index (χ4v) is 3.89. The van der Waals surface area contributed by atoms with Crippen molar-refractivity contribution in [2.24, 2.45) is 0 Å². The van der Waals surface area contributed by atoms with Gasteiger partial charge in [-0.3, -0.25) is 0 Å². The Kier molecular flexibility index (Phi) is 5.01. The second kappa shape index (κ2) is 6.56. The molecule has 1 aromatic carbocycles. The molecule has 5 nitrogen and oxygen atoms in total. The summed E-state index contributed by atoms with van der Waals surface area (Å²) in [6.45, 7) is 3.58. The molecule has 1 heterocycles. The number of sulfonamides is 1. The van der Waals surface area contributed by atoms with Gasteiger partial charge in [-0.05, 0) is 37.5 Å². The van der Waals surface area contributed by atoms with Crippen molar-refractivity contribution in [1.82, 2.24) is 4.31 Å². The highest BCUT2D eigenvalue weighted by Crippen LogP contribution is 2.24. The van der Waals surface area contributed by atoms with Gasteiger partial charge in [0.15, 0.2) is 0 Å². The Morgan fingerprint density at radius 1 is 1.45 bits per heavy atom. The SMILES string of the molecule is CCCOC1CCCN(S(=O)(=O)c2cccc(O)c2)C1. The van der Waals surface area contributed by atoms with Gasteiger partial charge in [-0.1, -0.05) is 13.0 Å². The van der Waals surface area contributed by atoms with Gasteiger partial charge in [0.25, 0.3) is 0 Å². The lowest BCUT2D eigenvalue weighted by Crippen LogP contribution is -2.43.